The molecule has 25 heavy (non-hydrogen) atoms. The van der Waals surface area contributed by atoms with Crippen LogP contribution >= 0.6 is 0 Å². The van der Waals surface area contributed by atoms with Gasteiger partial charge in [-0.2, -0.15) is 0 Å². The molecule has 5 heteroatoms. The monoisotopic (exact) mass is 340 g/mol. The zero-order valence-electron chi connectivity index (χ0n) is 14.5. The summed E-state index contributed by atoms with van der Waals surface area (Å²) in [6.07, 6.45) is 2.76. The number of amides is 2. The molecule has 0 aromatic heterocycles. The number of nitrogens with one attached hydrogen (secondary N) is 2. The number of rotatable bonds is 5. The van der Waals surface area contributed by atoms with Crippen molar-refractivity contribution in [3.05, 3.63) is 70.5 Å². The van der Waals surface area contributed by atoms with Crippen LogP contribution in [0.2, 0.25) is 0 Å². The van der Waals surface area contributed by atoms with E-state index in [0.29, 0.717) is 5.56 Å². The highest BCUT2D eigenvalue weighted by atomic mass is 19.1. The van der Waals surface area contributed by atoms with Gasteiger partial charge in [-0.05, 0) is 55.7 Å². The van der Waals surface area contributed by atoms with E-state index in [0.717, 1.165) is 22.4 Å². The molecule has 0 heterocycles. The number of benzene rings is 2. The molecule has 4 nitrogen and oxygen atoms in total. The lowest BCUT2D eigenvalue weighted by molar-refractivity contribution is -0.121. The van der Waals surface area contributed by atoms with Crippen LogP contribution in [0.1, 0.15) is 22.3 Å². The lowest BCUT2D eigenvalue weighted by atomic mass is 10.1. The standard InChI is InChI=1S/C20H21FN2O2/c1-13-9-14(2)20(15(3)10-13)23-19(25)12-22-18(24)8-7-16-5-4-6-17(21)11-16/h4-11H,12H2,1-3H3,(H,22,24)(H,23,25)/b8-7+. The molecule has 2 aromatic carbocycles. The quantitative estimate of drug-likeness (QED) is 0.818. The van der Waals surface area contributed by atoms with Gasteiger partial charge in [0.15, 0.2) is 0 Å². The first-order chi connectivity index (χ1) is 11.8. The van der Waals surface area contributed by atoms with E-state index in [-0.39, 0.29) is 18.3 Å². The van der Waals surface area contributed by atoms with Crippen LogP contribution in [-0.4, -0.2) is 18.4 Å². The Kier molecular flexibility index (Phi) is 6.06. The highest BCUT2D eigenvalue weighted by Gasteiger charge is 2.09. The molecule has 0 saturated carbocycles. The first-order valence-electron chi connectivity index (χ1n) is 7.94. The van der Waals surface area contributed by atoms with Gasteiger partial charge >= 0.3 is 0 Å². The SMILES string of the molecule is Cc1cc(C)c(NC(=O)CNC(=O)/C=C/c2cccc(F)c2)c(C)c1. The molecule has 0 aliphatic rings. The van der Waals surface area contributed by atoms with Crippen molar-refractivity contribution in [2.75, 3.05) is 11.9 Å². The van der Waals surface area contributed by atoms with Crippen molar-refractivity contribution in [3.63, 3.8) is 0 Å². The number of carbonyl (C=O) groups excluding carboxylic acids is 2. The van der Waals surface area contributed by atoms with Gasteiger partial charge in [0.25, 0.3) is 0 Å². The van der Waals surface area contributed by atoms with Crippen LogP contribution < -0.4 is 10.6 Å². The van der Waals surface area contributed by atoms with E-state index < -0.39 is 5.91 Å². The van der Waals surface area contributed by atoms with Gasteiger partial charge in [0.1, 0.15) is 5.82 Å². The van der Waals surface area contributed by atoms with Gasteiger partial charge in [0.05, 0.1) is 6.54 Å². The molecule has 0 aliphatic carbocycles. The van der Waals surface area contributed by atoms with E-state index in [9.17, 15) is 14.0 Å². The lowest BCUT2D eigenvalue weighted by Gasteiger charge is -2.13. The third-order valence-electron chi connectivity index (χ3n) is 3.64. The van der Waals surface area contributed by atoms with Crippen molar-refractivity contribution in [1.29, 1.82) is 0 Å². The molecule has 2 amide bonds. The van der Waals surface area contributed by atoms with Crippen molar-refractivity contribution in [2.24, 2.45) is 0 Å². The first kappa shape index (κ1) is 18.4. The van der Waals surface area contributed by atoms with Crippen LogP contribution in [0, 0.1) is 26.6 Å². The third-order valence-corrected chi connectivity index (χ3v) is 3.64. The molecule has 0 aliphatic heterocycles. The Balaban J connectivity index is 1.88. The summed E-state index contributed by atoms with van der Waals surface area (Å²) in [6.45, 7) is 5.71. The molecule has 130 valence electrons. The average molecular weight is 340 g/mol. The molecular formula is C20H21FN2O2. The smallest absolute Gasteiger partial charge is 0.244 e. The number of hydrogen-bond acceptors (Lipinski definition) is 2. The van der Waals surface area contributed by atoms with Crippen LogP contribution in [0.3, 0.4) is 0 Å². The molecule has 0 bridgehead atoms. The molecule has 0 fully saturated rings. The van der Waals surface area contributed by atoms with E-state index in [4.69, 9.17) is 0 Å². The Morgan fingerprint density at radius 3 is 2.40 bits per heavy atom. The minimum absolute atomic E-state index is 0.140. The summed E-state index contributed by atoms with van der Waals surface area (Å²) < 4.78 is 13.1. The maximum Gasteiger partial charge on any atom is 0.244 e. The molecule has 2 rings (SSSR count). The Hall–Kier alpha value is -2.95. The van der Waals surface area contributed by atoms with Crippen LogP contribution in [0.15, 0.2) is 42.5 Å². The predicted molar refractivity (Wildman–Crippen MR) is 97.7 cm³/mol. The zero-order chi connectivity index (χ0) is 18.4. The largest absolute Gasteiger partial charge is 0.343 e. The van der Waals surface area contributed by atoms with E-state index in [1.807, 2.05) is 32.9 Å². The van der Waals surface area contributed by atoms with Crippen molar-refractivity contribution < 1.29 is 14.0 Å². The highest BCUT2D eigenvalue weighted by Crippen LogP contribution is 2.21. The van der Waals surface area contributed by atoms with E-state index >= 15 is 0 Å². The highest BCUT2D eigenvalue weighted by molar-refractivity contribution is 5.98. The van der Waals surface area contributed by atoms with Crippen LogP contribution in [0.5, 0.6) is 0 Å². The molecule has 0 unspecified atom stereocenters. The average Bonchev–Trinajstić information content (AvgIpc) is 2.54. The minimum Gasteiger partial charge on any atom is -0.343 e. The molecular weight excluding hydrogens is 319 g/mol. The van der Waals surface area contributed by atoms with Crippen molar-refractivity contribution in [1.82, 2.24) is 5.32 Å². The van der Waals surface area contributed by atoms with Gasteiger partial charge in [-0.15, -0.1) is 0 Å². The van der Waals surface area contributed by atoms with E-state index in [1.54, 1.807) is 12.1 Å². The first-order valence-corrected chi connectivity index (χ1v) is 7.94. The summed E-state index contributed by atoms with van der Waals surface area (Å²) in [5.74, 6) is -1.09. The van der Waals surface area contributed by atoms with Gasteiger partial charge in [0.2, 0.25) is 11.8 Å². The number of anilines is 1. The Morgan fingerprint density at radius 1 is 1.08 bits per heavy atom. The molecule has 0 saturated heterocycles. The van der Waals surface area contributed by atoms with Gasteiger partial charge in [0, 0.05) is 11.8 Å². The topological polar surface area (TPSA) is 58.2 Å². The number of hydrogen-bond donors (Lipinski definition) is 2. The maximum atomic E-state index is 13.1. The Labute approximate surface area is 146 Å². The lowest BCUT2D eigenvalue weighted by Crippen LogP contribution is -2.32. The number of halogens is 1. The normalized spacial score (nSPS) is 10.7. The molecule has 0 atom stereocenters. The molecule has 2 N–H and O–H groups in total. The second-order valence-electron chi connectivity index (χ2n) is 5.93. The van der Waals surface area contributed by atoms with Gasteiger partial charge < -0.3 is 10.6 Å². The zero-order valence-corrected chi connectivity index (χ0v) is 14.5. The number of carbonyl (C=O) groups is 2. The second-order valence-corrected chi connectivity index (χ2v) is 5.93. The van der Waals surface area contributed by atoms with Crippen molar-refractivity contribution in [2.45, 2.75) is 20.8 Å². The summed E-state index contributed by atoms with van der Waals surface area (Å²) in [7, 11) is 0. The van der Waals surface area contributed by atoms with Gasteiger partial charge in [-0.3, -0.25) is 9.59 Å². The van der Waals surface area contributed by atoms with Gasteiger partial charge in [-0.1, -0.05) is 29.8 Å². The number of aryl methyl sites for hydroxylation is 3. The third kappa shape index (κ3) is 5.57. The fourth-order valence-corrected chi connectivity index (χ4v) is 2.57. The second kappa shape index (κ2) is 8.24. The van der Waals surface area contributed by atoms with E-state index in [1.165, 1.54) is 24.3 Å². The van der Waals surface area contributed by atoms with Crippen LogP contribution in [0.4, 0.5) is 10.1 Å². The van der Waals surface area contributed by atoms with E-state index in [2.05, 4.69) is 10.6 Å². The minimum atomic E-state index is -0.420. The van der Waals surface area contributed by atoms with Gasteiger partial charge in [-0.25, -0.2) is 4.39 Å². The fraction of sp³-hybridized carbons (Fsp3) is 0.200. The predicted octanol–water partition coefficient (Wildman–Crippen LogP) is 3.52. The van der Waals surface area contributed by atoms with Crippen LogP contribution in [-0.2, 0) is 9.59 Å². The molecule has 2 aromatic rings. The summed E-state index contributed by atoms with van der Waals surface area (Å²) in [4.78, 5) is 23.8. The summed E-state index contributed by atoms with van der Waals surface area (Å²) >= 11 is 0. The summed E-state index contributed by atoms with van der Waals surface area (Å²) in [5.41, 5.74) is 4.42. The maximum absolute atomic E-state index is 13.1. The Bertz CT molecular complexity index is 805. The molecule has 0 radical (unpaired) electrons. The Morgan fingerprint density at radius 2 is 1.76 bits per heavy atom. The fourth-order valence-electron chi connectivity index (χ4n) is 2.57. The van der Waals surface area contributed by atoms with Crippen molar-refractivity contribution in [3.8, 4) is 0 Å². The summed E-state index contributed by atoms with van der Waals surface area (Å²) in [5, 5.41) is 5.32. The van der Waals surface area contributed by atoms with Crippen LogP contribution in [0.25, 0.3) is 6.08 Å². The van der Waals surface area contributed by atoms with Crippen molar-refractivity contribution >= 4 is 23.6 Å². The molecule has 0 spiro atoms. The summed E-state index contributed by atoms with van der Waals surface area (Å²) in [6, 6.07) is 9.87.